The first-order valence-corrected chi connectivity index (χ1v) is 5.63. The number of hydrogen-bond acceptors (Lipinski definition) is 5. The number of benzene rings is 1. The fourth-order valence-corrected chi connectivity index (χ4v) is 1.61. The minimum absolute atomic E-state index is 0.0653. The van der Waals surface area contributed by atoms with E-state index >= 15 is 0 Å². The number of hydrogen-bond donors (Lipinski definition) is 3. The summed E-state index contributed by atoms with van der Waals surface area (Å²) >= 11 is 0. The smallest absolute Gasteiger partial charge is 0.387 e. The summed E-state index contributed by atoms with van der Waals surface area (Å²) in [6.45, 7) is -1.37. The Labute approximate surface area is 112 Å². The van der Waals surface area contributed by atoms with E-state index in [2.05, 4.69) is 25.2 Å². The van der Waals surface area contributed by atoms with Crippen LogP contribution in [0.15, 0.2) is 18.5 Å². The third-order valence-electron chi connectivity index (χ3n) is 2.54. The number of rotatable bonds is 5. The maximum absolute atomic E-state index is 13.4. The third-order valence-corrected chi connectivity index (χ3v) is 2.54. The first-order valence-electron chi connectivity index (χ1n) is 5.63. The van der Waals surface area contributed by atoms with Gasteiger partial charge >= 0.3 is 6.61 Å². The van der Waals surface area contributed by atoms with Crippen LogP contribution in [-0.2, 0) is 0 Å². The molecule has 4 N–H and O–H groups in total. The summed E-state index contributed by atoms with van der Waals surface area (Å²) in [5, 5.41) is 9.24. The Kier molecular flexibility index (Phi) is 3.97. The molecule has 0 saturated carbocycles. The van der Waals surface area contributed by atoms with Gasteiger partial charge in [-0.2, -0.15) is 13.9 Å². The molecule has 0 fully saturated rings. The zero-order chi connectivity index (χ0) is 14.7. The van der Waals surface area contributed by atoms with E-state index in [4.69, 9.17) is 5.73 Å². The van der Waals surface area contributed by atoms with Crippen molar-refractivity contribution in [2.24, 2.45) is 0 Å². The van der Waals surface area contributed by atoms with E-state index in [0.717, 1.165) is 12.1 Å². The standard InChI is InChI=1S/C11H12F3N5O/c1-5(10-16-4-17-19-10)18-8-3-9(20-11(13)14)6(12)2-7(8)15/h2-5,11,18H,15H2,1H3,(H,16,17,19). The van der Waals surface area contributed by atoms with Crippen molar-refractivity contribution in [3.63, 3.8) is 0 Å². The Hall–Kier alpha value is -2.45. The molecule has 6 nitrogen and oxygen atoms in total. The van der Waals surface area contributed by atoms with Gasteiger partial charge in [-0.3, -0.25) is 5.10 Å². The van der Waals surface area contributed by atoms with E-state index in [1.54, 1.807) is 6.92 Å². The van der Waals surface area contributed by atoms with Gasteiger partial charge in [0.15, 0.2) is 11.6 Å². The molecule has 20 heavy (non-hydrogen) atoms. The average molecular weight is 287 g/mol. The summed E-state index contributed by atoms with van der Waals surface area (Å²) in [6, 6.07) is 1.65. The van der Waals surface area contributed by atoms with Crippen molar-refractivity contribution in [2.75, 3.05) is 11.1 Å². The topological polar surface area (TPSA) is 88.8 Å². The van der Waals surface area contributed by atoms with Crippen molar-refractivity contribution >= 4 is 11.4 Å². The number of nitrogens with zero attached hydrogens (tertiary/aromatic N) is 2. The summed E-state index contributed by atoms with van der Waals surface area (Å²) < 4.78 is 41.8. The Balaban J connectivity index is 2.22. The average Bonchev–Trinajstić information content (AvgIpc) is 2.88. The normalized spacial score (nSPS) is 12.4. The van der Waals surface area contributed by atoms with Crippen LogP contribution in [0.2, 0.25) is 0 Å². The number of nitrogens with two attached hydrogens (primary N) is 1. The number of alkyl halides is 2. The molecule has 9 heteroatoms. The highest BCUT2D eigenvalue weighted by atomic mass is 19.3. The first kappa shape index (κ1) is 14.0. The highest BCUT2D eigenvalue weighted by Crippen LogP contribution is 2.31. The Morgan fingerprint density at radius 3 is 2.75 bits per heavy atom. The summed E-state index contributed by atoms with van der Waals surface area (Å²) in [6.07, 6.45) is 1.33. The molecule has 1 aromatic carbocycles. The van der Waals surface area contributed by atoms with Gasteiger partial charge in [-0.1, -0.05) is 0 Å². The van der Waals surface area contributed by atoms with Crippen molar-refractivity contribution < 1.29 is 17.9 Å². The zero-order valence-electron chi connectivity index (χ0n) is 10.4. The minimum atomic E-state index is -3.12. The maximum Gasteiger partial charge on any atom is 0.387 e. The molecule has 108 valence electrons. The molecule has 0 aliphatic rings. The van der Waals surface area contributed by atoms with Crippen LogP contribution in [0, 0.1) is 5.82 Å². The van der Waals surface area contributed by atoms with Gasteiger partial charge in [-0.05, 0) is 6.92 Å². The number of nitrogen functional groups attached to an aromatic ring is 1. The second-order valence-corrected chi connectivity index (χ2v) is 3.99. The lowest BCUT2D eigenvalue weighted by Gasteiger charge is -2.16. The van der Waals surface area contributed by atoms with Crippen molar-refractivity contribution in [3.05, 3.63) is 30.1 Å². The fraction of sp³-hybridized carbons (Fsp3) is 0.273. The zero-order valence-corrected chi connectivity index (χ0v) is 10.4. The number of halogens is 3. The van der Waals surface area contributed by atoms with Gasteiger partial charge < -0.3 is 15.8 Å². The number of nitrogens with one attached hydrogen (secondary N) is 2. The quantitative estimate of drug-likeness (QED) is 0.734. The summed E-state index contributed by atoms with van der Waals surface area (Å²) in [5.41, 5.74) is 5.95. The highest BCUT2D eigenvalue weighted by Gasteiger charge is 2.15. The predicted molar refractivity (Wildman–Crippen MR) is 65.9 cm³/mol. The third kappa shape index (κ3) is 3.11. The fourth-order valence-electron chi connectivity index (χ4n) is 1.61. The van der Waals surface area contributed by atoms with Crippen LogP contribution >= 0.6 is 0 Å². The van der Waals surface area contributed by atoms with Gasteiger partial charge in [0.25, 0.3) is 0 Å². The predicted octanol–water partition coefficient (Wildman–Crippen LogP) is 2.30. The van der Waals surface area contributed by atoms with Gasteiger partial charge in [-0.15, -0.1) is 0 Å². The van der Waals surface area contributed by atoms with Crippen molar-refractivity contribution in [3.8, 4) is 5.75 Å². The number of aromatic nitrogens is 3. The molecule has 0 aliphatic heterocycles. The molecule has 1 heterocycles. The molecule has 0 bridgehead atoms. The van der Waals surface area contributed by atoms with E-state index in [1.165, 1.54) is 6.33 Å². The lowest BCUT2D eigenvalue weighted by molar-refractivity contribution is -0.0521. The Morgan fingerprint density at radius 1 is 1.40 bits per heavy atom. The van der Waals surface area contributed by atoms with E-state index in [-0.39, 0.29) is 17.4 Å². The number of anilines is 2. The van der Waals surface area contributed by atoms with Crippen LogP contribution in [-0.4, -0.2) is 21.8 Å². The van der Waals surface area contributed by atoms with E-state index in [9.17, 15) is 13.2 Å². The van der Waals surface area contributed by atoms with Gasteiger partial charge in [0.05, 0.1) is 17.4 Å². The molecule has 2 rings (SSSR count). The molecular formula is C11H12F3N5O. The van der Waals surface area contributed by atoms with Crippen LogP contribution in [0.5, 0.6) is 5.75 Å². The van der Waals surface area contributed by atoms with Crippen molar-refractivity contribution in [1.29, 1.82) is 0 Å². The van der Waals surface area contributed by atoms with Gasteiger partial charge in [0.1, 0.15) is 12.2 Å². The largest absolute Gasteiger partial charge is 0.432 e. The molecule has 0 radical (unpaired) electrons. The molecule has 0 amide bonds. The monoisotopic (exact) mass is 287 g/mol. The van der Waals surface area contributed by atoms with Gasteiger partial charge in [0, 0.05) is 12.1 Å². The van der Waals surface area contributed by atoms with Gasteiger partial charge in [-0.25, -0.2) is 9.37 Å². The molecule has 0 saturated heterocycles. The number of H-pyrrole nitrogens is 1. The van der Waals surface area contributed by atoms with Crippen molar-refractivity contribution in [2.45, 2.75) is 19.6 Å². The lowest BCUT2D eigenvalue weighted by Crippen LogP contribution is -2.11. The number of aromatic amines is 1. The number of ether oxygens (including phenoxy) is 1. The molecule has 0 aliphatic carbocycles. The summed E-state index contributed by atoms with van der Waals surface area (Å²) in [7, 11) is 0. The molecule has 1 unspecified atom stereocenters. The molecule has 1 aromatic heterocycles. The van der Waals surface area contributed by atoms with Crippen LogP contribution in [0.4, 0.5) is 24.5 Å². The van der Waals surface area contributed by atoms with E-state index < -0.39 is 18.2 Å². The van der Waals surface area contributed by atoms with Gasteiger partial charge in [0.2, 0.25) is 0 Å². The lowest BCUT2D eigenvalue weighted by atomic mass is 10.2. The second kappa shape index (κ2) is 5.68. The Morgan fingerprint density at radius 2 is 2.15 bits per heavy atom. The molecule has 1 atom stereocenters. The molecule has 0 spiro atoms. The van der Waals surface area contributed by atoms with Crippen LogP contribution in [0.3, 0.4) is 0 Å². The first-order chi connectivity index (χ1) is 9.47. The highest BCUT2D eigenvalue weighted by molar-refractivity contribution is 5.69. The summed E-state index contributed by atoms with van der Waals surface area (Å²) in [5.74, 6) is -1.02. The van der Waals surface area contributed by atoms with E-state index in [0.29, 0.717) is 5.82 Å². The maximum atomic E-state index is 13.4. The summed E-state index contributed by atoms with van der Waals surface area (Å²) in [4.78, 5) is 3.94. The molecule has 2 aromatic rings. The van der Waals surface area contributed by atoms with E-state index in [1.807, 2.05) is 0 Å². The Bertz CT molecular complexity index is 576. The second-order valence-electron chi connectivity index (χ2n) is 3.99. The SMILES string of the molecule is CC(Nc1cc(OC(F)F)c(F)cc1N)c1ncn[nH]1. The molecular weight excluding hydrogens is 275 g/mol. The van der Waals surface area contributed by atoms with Crippen LogP contribution in [0.1, 0.15) is 18.8 Å². The van der Waals surface area contributed by atoms with Crippen LogP contribution in [0.25, 0.3) is 0 Å². The van der Waals surface area contributed by atoms with Crippen LogP contribution < -0.4 is 15.8 Å². The minimum Gasteiger partial charge on any atom is -0.432 e. The van der Waals surface area contributed by atoms with Crippen molar-refractivity contribution in [1.82, 2.24) is 15.2 Å².